The van der Waals surface area contributed by atoms with Gasteiger partial charge < -0.3 is 5.32 Å². The number of rotatable bonds is 7. The number of hydrogen-bond donors (Lipinski definition) is 1. The second-order valence-electron chi connectivity index (χ2n) is 5.29. The maximum atomic E-state index is 12.2. The molecule has 2 rings (SSSR count). The Morgan fingerprint density at radius 3 is 2.56 bits per heavy atom. The number of benzene rings is 1. The summed E-state index contributed by atoms with van der Waals surface area (Å²) in [5.41, 5.74) is 1.69. The first-order chi connectivity index (χ1) is 12.0. The summed E-state index contributed by atoms with van der Waals surface area (Å²) in [6, 6.07) is 11.0. The van der Waals surface area contributed by atoms with Crippen LogP contribution in [-0.4, -0.2) is 28.1 Å². The normalized spacial score (nSPS) is 10.6. The number of carbonyl (C=O) groups is 2. The van der Waals surface area contributed by atoms with Crippen molar-refractivity contribution in [1.29, 1.82) is 0 Å². The first-order valence-electron chi connectivity index (χ1n) is 7.63. The highest BCUT2D eigenvalue weighted by atomic mass is 16.6. The third-order valence-corrected chi connectivity index (χ3v) is 3.35. The van der Waals surface area contributed by atoms with Crippen LogP contribution in [-0.2, 0) is 11.2 Å². The molecule has 7 nitrogen and oxygen atoms in total. The maximum Gasteiger partial charge on any atom is 0.269 e. The molecule has 0 aliphatic heterocycles. The lowest BCUT2D eigenvalue weighted by Gasteiger charge is -2.03. The van der Waals surface area contributed by atoms with E-state index in [1.165, 1.54) is 25.1 Å². The van der Waals surface area contributed by atoms with Gasteiger partial charge in [0, 0.05) is 37.7 Å². The molecule has 0 unspecified atom stereocenters. The Balaban J connectivity index is 2.02. The van der Waals surface area contributed by atoms with Gasteiger partial charge in [0.15, 0.2) is 0 Å². The number of pyridine rings is 1. The summed E-state index contributed by atoms with van der Waals surface area (Å²) >= 11 is 0. The summed E-state index contributed by atoms with van der Waals surface area (Å²) in [5, 5.41) is 13.3. The van der Waals surface area contributed by atoms with E-state index in [1.807, 2.05) is 0 Å². The average Bonchev–Trinajstić information content (AvgIpc) is 2.60. The van der Waals surface area contributed by atoms with Crippen molar-refractivity contribution in [3.8, 4) is 0 Å². The molecule has 0 saturated heterocycles. The predicted molar refractivity (Wildman–Crippen MR) is 93.1 cm³/mol. The van der Waals surface area contributed by atoms with Gasteiger partial charge in [-0.3, -0.25) is 19.7 Å². The van der Waals surface area contributed by atoms with Crippen LogP contribution in [0.4, 0.5) is 5.69 Å². The van der Waals surface area contributed by atoms with Crippen molar-refractivity contribution in [1.82, 2.24) is 10.3 Å². The van der Waals surface area contributed by atoms with Crippen molar-refractivity contribution in [3.05, 3.63) is 75.6 Å². The van der Waals surface area contributed by atoms with Crippen LogP contribution in [0.3, 0.4) is 0 Å². The lowest BCUT2D eigenvalue weighted by Crippen LogP contribution is -2.22. The van der Waals surface area contributed by atoms with Crippen LogP contribution in [0.25, 0.3) is 6.08 Å². The molecule has 0 radical (unpaired) electrons. The van der Waals surface area contributed by atoms with E-state index >= 15 is 0 Å². The van der Waals surface area contributed by atoms with Crippen molar-refractivity contribution >= 4 is 23.5 Å². The molecule has 0 aliphatic carbocycles. The van der Waals surface area contributed by atoms with Crippen molar-refractivity contribution in [2.24, 2.45) is 0 Å². The molecule has 0 atom stereocenters. The Hall–Kier alpha value is -3.35. The van der Waals surface area contributed by atoms with E-state index in [9.17, 15) is 19.7 Å². The van der Waals surface area contributed by atoms with Gasteiger partial charge in [0.25, 0.3) is 5.69 Å². The minimum atomic E-state index is -0.477. The molecule has 0 aliphatic rings. The fraction of sp³-hybridized carbons (Fsp3) is 0.167. The van der Waals surface area contributed by atoms with E-state index in [0.717, 1.165) is 0 Å². The number of ketones is 1. The molecule has 7 heteroatoms. The summed E-state index contributed by atoms with van der Waals surface area (Å²) in [4.78, 5) is 37.5. The Morgan fingerprint density at radius 2 is 1.92 bits per heavy atom. The lowest BCUT2D eigenvalue weighted by atomic mass is 10.1. The summed E-state index contributed by atoms with van der Waals surface area (Å²) < 4.78 is 0. The second-order valence-corrected chi connectivity index (χ2v) is 5.29. The molecule has 25 heavy (non-hydrogen) atoms. The molecule has 1 N–H and O–H groups in total. The van der Waals surface area contributed by atoms with E-state index in [-0.39, 0.29) is 17.4 Å². The molecule has 0 bridgehead atoms. The van der Waals surface area contributed by atoms with Gasteiger partial charge in [0.05, 0.1) is 4.92 Å². The topological polar surface area (TPSA) is 102 Å². The van der Waals surface area contributed by atoms with Gasteiger partial charge >= 0.3 is 0 Å². The fourth-order valence-electron chi connectivity index (χ4n) is 2.09. The summed E-state index contributed by atoms with van der Waals surface area (Å²) in [6.45, 7) is 1.90. The zero-order chi connectivity index (χ0) is 18.2. The van der Waals surface area contributed by atoms with E-state index in [0.29, 0.717) is 29.9 Å². The number of aromatic nitrogens is 1. The average molecular weight is 339 g/mol. The van der Waals surface area contributed by atoms with Crippen LogP contribution < -0.4 is 5.32 Å². The molecule has 1 aromatic heterocycles. The van der Waals surface area contributed by atoms with E-state index < -0.39 is 4.92 Å². The molecule has 0 saturated carbocycles. The van der Waals surface area contributed by atoms with Gasteiger partial charge in [-0.25, -0.2) is 4.98 Å². The van der Waals surface area contributed by atoms with Crippen LogP contribution in [0, 0.1) is 10.1 Å². The quantitative estimate of drug-likeness (QED) is 0.361. The molecular formula is C18H17N3O4. The number of allylic oxidation sites excluding steroid dienone is 1. The number of nitro benzene ring substituents is 1. The predicted octanol–water partition coefficient (Wildman–Crippen LogP) is 2.56. The zero-order valence-corrected chi connectivity index (χ0v) is 13.6. The Morgan fingerprint density at radius 1 is 1.20 bits per heavy atom. The van der Waals surface area contributed by atoms with Crippen molar-refractivity contribution < 1.29 is 14.5 Å². The van der Waals surface area contributed by atoms with Gasteiger partial charge in [0.2, 0.25) is 11.7 Å². The maximum absolute atomic E-state index is 12.2. The third-order valence-electron chi connectivity index (χ3n) is 3.35. The molecule has 1 aromatic carbocycles. The highest BCUT2D eigenvalue weighted by Crippen LogP contribution is 2.13. The molecule has 128 valence electrons. The Kier molecular flexibility index (Phi) is 6.11. The van der Waals surface area contributed by atoms with E-state index in [1.54, 1.807) is 36.4 Å². The minimum absolute atomic E-state index is 0.00276. The second kappa shape index (κ2) is 8.49. The summed E-state index contributed by atoms with van der Waals surface area (Å²) in [5.74, 6) is -0.377. The van der Waals surface area contributed by atoms with Crippen molar-refractivity contribution in [2.45, 2.75) is 13.3 Å². The van der Waals surface area contributed by atoms with Crippen molar-refractivity contribution in [2.75, 3.05) is 6.54 Å². The highest BCUT2D eigenvalue weighted by molar-refractivity contribution is 6.05. The molecule has 1 amide bonds. The number of nitrogens with one attached hydrogen (secondary N) is 1. The van der Waals surface area contributed by atoms with Crippen LogP contribution in [0.1, 0.15) is 28.7 Å². The highest BCUT2D eigenvalue weighted by Gasteiger charge is 2.06. The van der Waals surface area contributed by atoms with E-state index in [4.69, 9.17) is 0 Å². The molecule has 0 fully saturated rings. The number of amides is 1. The summed E-state index contributed by atoms with van der Waals surface area (Å²) in [6.07, 6.45) is 3.49. The first kappa shape index (κ1) is 18.0. The number of non-ortho nitro benzene ring substituents is 1. The first-order valence-corrected chi connectivity index (χ1v) is 7.63. The zero-order valence-electron chi connectivity index (χ0n) is 13.6. The van der Waals surface area contributed by atoms with Crippen LogP contribution in [0.2, 0.25) is 0 Å². The van der Waals surface area contributed by atoms with Crippen LogP contribution >= 0.6 is 0 Å². The Labute approximate surface area is 144 Å². The standard InChI is InChI=1S/C18H17N3O4/c1-13(22)19-12-11-15-3-2-4-17(20-15)18(23)10-7-14-5-8-16(9-6-14)21(24)25/h2-10H,11-12H2,1H3,(H,19,22)/b10-7+. The molecule has 1 heterocycles. The molecular weight excluding hydrogens is 322 g/mol. The van der Waals surface area contributed by atoms with Crippen LogP contribution in [0.5, 0.6) is 0 Å². The SMILES string of the molecule is CC(=O)NCCc1cccc(C(=O)/C=C/c2ccc([N+](=O)[O-])cc2)n1. The smallest absolute Gasteiger partial charge is 0.269 e. The number of hydrogen-bond acceptors (Lipinski definition) is 5. The number of carbonyl (C=O) groups excluding carboxylic acids is 2. The van der Waals surface area contributed by atoms with Crippen molar-refractivity contribution in [3.63, 3.8) is 0 Å². The van der Waals surface area contributed by atoms with Gasteiger partial charge in [0.1, 0.15) is 5.69 Å². The van der Waals surface area contributed by atoms with Crippen LogP contribution in [0.15, 0.2) is 48.5 Å². The van der Waals surface area contributed by atoms with Gasteiger partial charge in [-0.05, 0) is 35.9 Å². The molecule has 2 aromatic rings. The van der Waals surface area contributed by atoms with Gasteiger partial charge in [-0.2, -0.15) is 0 Å². The molecule has 0 spiro atoms. The monoisotopic (exact) mass is 339 g/mol. The number of nitrogens with zero attached hydrogens (tertiary/aromatic N) is 2. The lowest BCUT2D eigenvalue weighted by molar-refractivity contribution is -0.384. The summed E-state index contributed by atoms with van der Waals surface area (Å²) in [7, 11) is 0. The minimum Gasteiger partial charge on any atom is -0.356 e. The number of nitro groups is 1. The third kappa shape index (κ3) is 5.65. The van der Waals surface area contributed by atoms with Gasteiger partial charge in [-0.1, -0.05) is 12.1 Å². The fourth-order valence-corrected chi connectivity index (χ4v) is 2.09. The Bertz CT molecular complexity index is 813. The van der Waals surface area contributed by atoms with E-state index in [2.05, 4.69) is 10.3 Å². The van der Waals surface area contributed by atoms with Gasteiger partial charge in [-0.15, -0.1) is 0 Å². The largest absolute Gasteiger partial charge is 0.356 e.